The third-order valence-electron chi connectivity index (χ3n) is 4.35. The van der Waals surface area contributed by atoms with Gasteiger partial charge in [-0.25, -0.2) is 0 Å². The molecule has 1 aliphatic rings. The minimum absolute atomic E-state index is 0.309. The first-order valence-corrected chi connectivity index (χ1v) is 7.04. The number of aliphatic hydroxyl groups is 1. The molecule has 0 heterocycles. The molecule has 1 atom stereocenters. The zero-order valence-corrected chi connectivity index (χ0v) is 12.1. The molecule has 0 radical (unpaired) electrons. The molecule has 0 spiro atoms. The van der Waals surface area contributed by atoms with Crippen LogP contribution in [0.5, 0.6) is 11.5 Å². The Bertz CT molecular complexity index is 420. The Morgan fingerprint density at radius 1 is 1.11 bits per heavy atom. The van der Waals surface area contributed by atoms with Crippen LogP contribution in [0.3, 0.4) is 0 Å². The van der Waals surface area contributed by atoms with Gasteiger partial charge in [0.25, 0.3) is 0 Å². The van der Waals surface area contributed by atoms with Crippen molar-refractivity contribution < 1.29 is 14.6 Å². The molecular formula is C16H24O3. The van der Waals surface area contributed by atoms with Gasteiger partial charge in [-0.1, -0.05) is 19.3 Å². The Balaban J connectivity index is 2.32. The van der Waals surface area contributed by atoms with Crippen molar-refractivity contribution in [3.8, 4) is 11.5 Å². The van der Waals surface area contributed by atoms with Crippen LogP contribution in [0.15, 0.2) is 18.2 Å². The van der Waals surface area contributed by atoms with Crippen molar-refractivity contribution in [2.75, 3.05) is 14.2 Å². The topological polar surface area (TPSA) is 38.7 Å². The summed E-state index contributed by atoms with van der Waals surface area (Å²) in [5.41, 5.74) is 0.0283. The molecule has 1 aliphatic carbocycles. The van der Waals surface area contributed by atoms with E-state index in [1.54, 1.807) is 14.2 Å². The van der Waals surface area contributed by atoms with Crippen LogP contribution in [-0.4, -0.2) is 19.3 Å². The van der Waals surface area contributed by atoms with Crippen molar-refractivity contribution in [1.29, 1.82) is 0 Å². The number of methoxy groups -OCH3 is 2. The Labute approximate surface area is 115 Å². The molecule has 19 heavy (non-hydrogen) atoms. The van der Waals surface area contributed by atoms with Gasteiger partial charge in [0, 0.05) is 11.6 Å². The van der Waals surface area contributed by atoms with E-state index in [2.05, 4.69) is 0 Å². The molecule has 3 nitrogen and oxygen atoms in total. The molecule has 106 valence electrons. The first-order chi connectivity index (χ1) is 9.09. The number of hydrogen-bond donors (Lipinski definition) is 1. The third-order valence-corrected chi connectivity index (χ3v) is 4.35. The number of hydrogen-bond acceptors (Lipinski definition) is 3. The van der Waals surface area contributed by atoms with E-state index in [0.717, 1.165) is 24.2 Å². The molecule has 0 bridgehead atoms. The molecule has 2 rings (SSSR count). The summed E-state index contributed by atoms with van der Waals surface area (Å²) in [6.07, 6.45) is 5.87. The molecule has 0 aliphatic heterocycles. The zero-order chi connectivity index (χ0) is 13.9. The summed E-state index contributed by atoms with van der Waals surface area (Å²) in [4.78, 5) is 0. The molecule has 1 N–H and O–H groups in total. The highest BCUT2D eigenvalue weighted by atomic mass is 16.5. The van der Waals surface area contributed by atoms with Gasteiger partial charge in [-0.3, -0.25) is 0 Å². The van der Waals surface area contributed by atoms with Crippen LogP contribution >= 0.6 is 0 Å². The van der Waals surface area contributed by atoms with Crippen molar-refractivity contribution in [2.24, 2.45) is 5.92 Å². The van der Waals surface area contributed by atoms with Crippen molar-refractivity contribution >= 4 is 0 Å². The third kappa shape index (κ3) is 2.86. The zero-order valence-electron chi connectivity index (χ0n) is 12.1. The van der Waals surface area contributed by atoms with E-state index in [9.17, 15) is 5.11 Å². The maximum atomic E-state index is 11.0. The predicted octanol–water partition coefficient (Wildman–Crippen LogP) is 3.49. The molecule has 1 saturated carbocycles. The Hall–Kier alpha value is -1.22. The van der Waals surface area contributed by atoms with Gasteiger partial charge in [0.1, 0.15) is 11.5 Å². The van der Waals surface area contributed by atoms with Gasteiger partial charge in [0.05, 0.1) is 19.8 Å². The SMILES string of the molecule is COc1ccc(C(C)(O)C2CCCCC2)c(OC)c1. The summed E-state index contributed by atoms with van der Waals surface area (Å²) in [5.74, 6) is 1.76. The molecule has 0 aromatic heterocycles. The Morgan fingerprint density at radius 3 is 2.37 bits per heavy atom. The summed E-state index contributed by atoms with van der Waals surface area (Å²) in [6, 6.07) is 5.65. The highest BCUT2D eigenvalue weighted by Crippen LogP contribution is 2.43. The molecule has 1 aromatic carbocycles. The lowest BCUT2D eigenvalue weighted by Gasteiger charge is -2.36. The maximum absolute atomic E-state index is 11.0. The van der Waals surface area contributed by atoms with Gasteiger partial charge >= 0.3 is 0 Å². The van der Waals surface area contributed by atoms with Gasteiger partial charge < -0.3 is 14.6 Å². The predicted molar refractivity (Wildman–Crippen MR) is 75.7 cm³/mol. The van der Waals surface area contributed by atoms with Crippen LogP contribution in [0.4, 0.5) is 0 Å². The normalized spacial score (nSPS) is 19.8. The van der Waals surface area contributed by atoms with E-state index < -0.39 is 5.60 Å². The van der Waals surface area contributed by atoms with Crippen LogP contribution in [0.25, 0.3) is 0 Å². The summed E-state index contributed by atoms with van der Waals surface area (Å²) >= 11 is 0. The molecule has 1 unspecified atom stereocenters. The molecule has 0 amide bonds. The number of ether oxygens (including phenoxy) is 2. The molecule has 1 aromatic rings. The van der Waals surface area contributed by atoms with E-state index in [4.69, 9.17) is 9.47 Å². The van der Waals surface area contributed by atoms with Gasteiger partial charge in [-0.2, -0.15) is 0 Å². The van der Waals surface area contributed by atoms with E-state index in [1.807, 2.05) is 25.1 Å². The van der Waals surface area contributed by atoms with E-state index in [0.29, 0.717) is 11.7 Å². The highest BCUT2D eigenvalue weighted by Gasteiger charge is 2.36. The standard InChI is InChI=1S/C16H24O3/c1-16(17,12-7-5-4-6-8-12)14-10-9-13(18-2)11-15(14)19-3/h9-12,17H,4-8H2,1-3H3. The highest BCUT2D eigenvalue weighted by molar-refractivity contribution is 5.44. The largest absolute Gasteiger partial charge is 0.497 e. The maximum Gasteiger partial charge on any atom is 0.128 e. The second-order valence-corrected chi connectivity index (χ2v) is 5.55. The smallest absolute Gasteiger partial charge is 0.128 e. The van der Waals surface area contributed by atoms with Crippen molar-refractivity contribution in [2.45, 2.75) is 44.6 Å². The minimum atomic E-state index is -0.835. The van der Waals surface area contributed by atoms with Crippen LogP contribution in [-0.2, 0) is 5.60 Å². The number of rotatable bonds is 4. The van der Waals surface area contributed by atoms with E-state index >= 15 is 0 Å². The Kier molecular flexibility index (Phi) is 4.35. The Morgan fingerprint density at radius 2 is 1.79 bits per heavy atom. The molecular weight excluding hydrogens is 240 g/mol. The lowest BCUT2D eigenvalue weighted by molar-refractivity contribution is -0.0232. The van der Waals surface area contributed by atoms with Crippen molar-refractivity contribution in [1.82, 2.24) is 0 Å². The van der Waals surface area contributed by atoms with Crippen LogP contribution < -0.4 is 9.47 Å². The minimum Gasteiger partial charge on any atom is -0.497 e. The quantitative estimate of drug-likeness (QED) is 0.904. The fourth-order valence-corrected chi connectivity index (χ4v) is 3.10. The van der Waals surface area contributed by atoms with Crippen molar-refractivity contribution in [3.05, 3.63) is 23.8 Å². The molecule has 3 heteroatoms. The van der Waals surface area contributed by atoms with E-state index in [-0.39, 0.29) is 0 Å². The summed E-state index contributed by atoms with van der Waals surface area (Å²) in [7, 11) is 3.27. The molecule has 1 fully saturated rings. The first-order valence-electron chi connectivity index (χ1n) is 7.04. The van der Waals surface area contributed by atoms with Crippen LogP contribution in [0.2, 0.25) is 0 Å². The number of benzene rings is 1. The fraction of sp³-hybridized carbons (Fsp3) is 0.625. The summed E-state index contributed by atoms with van der Waals surface area (Å²) in [6.45, 7) is 1.91. The van der Waals surface area contributed by atoms with Crippen LogP contribution in [0.1, 0.15) is 44.6 Å². The van der Waals surface area contributed by atoms with Gasteiger partial charge in [-0.15, -0.1) is 0 Å². The fourth-order valence-electron chi connectivity index (χ4n) is 3.10. The van der Waals surface area contributed by atoms with Crippen LogP contribution in [0, 0.1) is 5.92 Å². The lowest BCUT2D eigenvalue weighted by Crippen LogP contribution is -2.33. The lowest BCUT2D eigenvalue weighted by atomic mass is 9.74. The summed E-state index contributed by atoms with van der Waals surface area (Å²) < 4.78 is 10.6. The second kappa shape index (κ2) is 5.83. The van der Waals surface area contributed by atoms with Gasteiger partial charge in [0.2, 0.25) is 0 Å². The summed E-state index contributed by atoms with van der Waals surface area (Å²) in [5, 5.41) is 11.0. The van der Waals surface area contributed by atoms with Gasteiger partial charge in [0.15, 0.2) is 0 Å². The average molecular weight is 264 g/mol. The second-order valence-electron chi connectivity index (χ2n) is 5.55. The van der Waals surface area contributed by atoms with E-state index in [1.165, 1.54) is 19.3 Å². The van der Waals surface area contributed by atoms with Crippen molar-refractivity contribution in [3.63, 3.8) is 0 Å². The monoisotopic (exact) mass is 264 g/mol. The van der Waals surface area contributed by atoms with Gasteiger partial charge in [-0.05, 0) is 37.8 Å². The average Bonchev–Trinajstić information content (AvgIpc) is 2.47. The first kappa shape index (κ1) is 14.2. The molecule has 0 saturated heterocycles.